The number of carbonyl (C=O) groups excluding carboxylic acids is 1. The number of hydrogen-bond acceptors (Lipinski definition) is 4. The molecular weight excluding hydrogens is 324 g/mol. The zero-order valence-electron chi connectivity index (χ0n) is 14.5. The van der Waals surface area contributed by atoms with Crippen molar-refractivity contribution >= 4 is 23.3 Å². The highest BCUT2D eigenvalue weighted by Crippen LogP contribution is 2.24. The van der Waals surface area contributed by atoms with Crippen molar-refractivity contribution in [2.45, 2.75) is 26.2 Å². The topological polar surface area (TPSA) is 39.7 Å². The van der Waals surface area contributed by atoms with E-state index in [0.717, 1.165) is 70.9 Å². The summed E-state index contributed by atoms with van der Waals surface area (Å²) in [5.41, 5.74) is 0. The molecule has 0 N–H and O–H groups in total. The molecule has 0 aromatic carbocycles. The van der Waals surface area contributed by atoms with Crippen LogP contribution in [0, 0.1) is 5.92 Å². The molecule has 1 aromatic rings. The number of anilines is 1. The lowest BCUT2D eigenvalue weighted by molar-refractivity contribution is -0.136. The molecule has 2 aliphatic heterocycles. The Balaban J connectivity index is 1.52. The maximum absolute atomic E-state index is 12.8. The van der Waals surface area contributed by atoms with Crippen molar-refractivity contribution in [3.63, 3.8) is 0 Å². The third-order valence-corrected chi connectivity index (χ3v) is 5.45. The van der Waals surface area contributed by atoms with Gasteiger partial charge in [0.15, 0.2) is 0 Å². The van der Waals surface area contributed by atoms with E-state index >= 15 is 0 Å². The zero-order valence-corrected chi connectivity index (χ0v) is 15.2. The van der Waals surface area contributed by atoms with E-state index in [4.69, 9.17) is 11.6 Å². The standard InChI is InChI=1S/C18H27ClN4O/c1-2-21-8-3-9-23(13-12-21)18(24)15-6-10-22(11-7-15)17-5-4-16(19)14-20-17/h4-5,14-15H,2-3,6-13H2,1H3. The molecule has 2 fully saturated rings. The molecule has 0 unspecified atom stereocenters. The molecule has 1 aromatic heterocycles. The monoisotopic (exact) mass is 350 g/mol. The first-order valence-electron chi connectivity index (χ1n) is 9.05. The highest BCUT2D eigenvalue weighted by molar-refractivity contribution is 6.30. The molecule has 0 radical (unpaired) electrons. The van der Waals surface area contributed by atoms with Crippen molar-refractivity contribution < 1.29 is 4.79 Å². The second kappa shape index (κ2) is 8.17. The van der Waals surface area contributed by atoms with Crippen molar-refractivity contribution in [1.82, 2.24) is 14.8 Å². The van der Waals surface area contributed by atoms with Crippen LogP contribution in [0.25, 0.3) is 0 Å². The van der Waals surface area contributed by atoms with E-state index in [2.05, 4.69) is 26.6 Å². The Morgan fingerprint density at radius 2 is 1.96 bits per heavy atom. The average Bonchev–Trinajstić information content (AvgIpc) is 2.87. The minimum atomic E-state index is 0.168. The molecule has 3 heterocycles. The van der Waals surface area contributed by atoms with Gasteiger partial charge in [0.25, 0.3) is 0 Å². The lowest BCUT2D eigenvalue weighted by atomic mass is 9.95. The van der Waals surface area contributed by atoms with E-state index in [0.29, 0.717) is 10.9 Å². The van der Waals surface area contributed by atoms with Gasteiger partial charge in [0.2, 0.25) is 5.91 Å². The summed E-state index contributed by atoms with van der Waals surface area (Å²) in [7, 11) is 0. The summed E-state index contributed by atoms with van der Waals surface area (Å²) in [6, 6.07) is 3.83. The number of likely N-dealkylation sites (N-methyl/N-ethyl adjacent to an activating group) is 1. The van der Waals surface area contributed by atoms with Crippen molar-refractivity contribution in [2.75, 3.05) is 50.7 Å². The fraction of sp³-hybridized carbons (Fsp3) is 0.667. The fourth-order valence-electron chi connectivity index (χ4n) is 3.68. The van der Waals surface area contributed by atoms with Gasteiger partial charge < -0.3 is 14.7 Å². The van der Waals surface area contributed by atoms with Gasteiger partial charge in [0.1, 0.15) is 5.82 Å². The molecule has 24 heavy (non-hydrogen) atoms. The van der Waals surface area contributed by atoms with E-state index < -0.39 is 0 Å². The smallest absolute Gasteiger partial charge is 0.225 e. The van der Waals surface area contributed by atoms with Crippen LogP contribution >= 0.6 is 11.6 Å². The van der Waals surface area contributed by atoms with Crippen LogP contribution in [0.3, 0.4) is 0 Å². The maximum atomic E-state index is 12.8. The summed E-state index contributed by atoms with van der Waals surface area (Å²) in [6.07, 6.45) is 4.60. The quantitative estimate of drug-likeness (QED) is 0.839. The number of carbonyl (C=O) groups is 1. The van der Waals surface area contributed by atoms with Crippen LogP contribution < -0.4 is 4.90 Å². The third-order valence-electron chi connectivity index (χ3n) is 5.23. The van der Waals surface area contributed by atoms with Crippen molar-refractivity contribution in [2.24, 2.45) is 5.92 Å². The molecule has 0 aliphatic carbocycles. The van der Waals surface area contributed by atoms with Crippen LogP contribution in [0.15, 0.2) is 18.3 Å². The zero-order chi connectivity index (χ0) is 16.9. The normalized spacial score (nSPS) is 20.9. The molecule has 0 saturated carbocycles. The summed E-state index contributed by atoms with van der Waals surface area (Å²) < 4.78 is 0. The van der Waals surface area contributed by atoms with E-state index in [1.807, 2.05) is 12.1 Å². The molecule has 2 aliphatic rings. The molecule has 6 heteroatoms. The first-order valence-corrected chi connectivity index (χ1v) is 9.43. The number of pyridine rings is 1. The van der Waals surface area contributed by atoms with Crippen LogP contribution in [0.4, 0.5) is 5.82 Å². The van der Waals surface area contributed by atoms with E-state index in [9.17, 15) is 4.79 Å². The van der Waals surface area contributed by atoms with Crippen LogP contribution in [0.5, 0.6) is 0 Å². The van der Waals surface area contributed by atoms with Gasteiger partial charge in [-0.1, -0.05) is 18.5 Å². The second-order valence-corrected chi connectivity index (χ2v) is 7.15. The second-order valence-electron chi connectivity index (χ2n) is 6.71. The number of rotatable bonds is 3. The molecular formula is C18H27ClN4O. The van der Waals surface area contributed by atoms with Crippen LogP contribution in [0.2, 0.25) is 5.02 Å². The first kappa shape index (κ1) is 17.5. The Bertz CT molecular complexity index is 542. The van der Waals surface area contributed by atoms with Crippen molar-refractivity contribution in [1.29, 1.82) is 0 Å². The number of amides is 1. The van der Waals surface area contributed by atoms with Crippen LogP contribution in [-0.2, 0) is 4.79 Å². The fourth-order valence-corrected chi connectivity index (χ4v) is 3.79. The third kappa shape index (κ3) is 4.19. The molecule has 3 rings (SSSR count). The summed E-state index contributed by atoms with van der Waals surface area (Å²) >= 11 is 5.90. The lowest BCUT2D eigenvalue weighted by Gasteiger charge is -2.34. The lowest BCUT2D eigenvalue weighted by Crippen LogP contribution is -2.44. The predicted molar refractivity (Wildman–Crippen MR) is 97.5 cm³/mol. The Morgan fingerprint density at radius 3 is 2.62 bits per heavy atom. The number of halogens is 1. The highest BCUT2D eigenvalue weighted by Gasteiger charge is 2.29. The van der Waals surface area contributed by atoms with Gasteiger partial charge in [0, 0.05) is 44.8 Å². The molecule has 132 valence electrons. The maximum Gasteiger partial charge on any atom is 0.225 e. The number of piperidine rings is 1. The minimum Gasteiger partial charge on any atom is -0.357 e. The van der Waals surface area contributed by atoms with Gasteiger partial charge in [-0.2, -0.15) is 0 Å². The van der Waals surface area contributed by atoms with E-state index in [1.165, 1.54) is 0 Å². The SMILES string of the molecule is CCN1CCCN(C(=O)C2CCN(c3ccc(Cl)cn3)CC2)CC1. The molecule has 1 amide bonds. The summed E-state index contributed by atoms with van der Waals surface area (Å²) in [5.74, 6) is 1.48. The van der Waals surface area contributed by atoms with Gasteiger partial charge in [-0.15, -0.1) is 0 Å². The number of nitrogens with zero attached hydrogens (tertiary/aromatic N) is 4. The van der Waals surface area contributed by atoms with Crippen molar-refractivity contribution in [3.8, 4) is 0 Å². The Labute approximate surface area is 149 Å². The van der Waals surface area contributed by atoms with Crippen molar-refractivity contribution in [3.05, 3.63) is 23.4 Å². The Hall–Kier alpha value is -1.33. The summed E-state index contributed by atoms with van der Waals surface area (Å²) in [5, 5.41) is 0.658. The van der Waals surface area contributed by atoms with E-state index in [-0.39, 0.29) is 5.92 Å². The van der Waals surface area contributed by atoms with Gasteiger partial charge in [-0.25, -0.2) is 4.98 Å². The first-order chi connectivity index (χ1) is 11.7. The molecule has 0 bridgehead atoms. The van der Waals surface area contributed by atoms with Crippen LogP contribution in [0.1, 0.15) is 26.2 Å². The highest BCUT2D eigenvalue weighted by atomic mass is 35.5. The number of aromatic nitrogens is 1. The predicted octanol–water partition coefficient (Wildman–Crippen LogP) is 2.51. The van der Waals surface area contributed by atoms with Gasteiger partial charge >= 0.3 is 0 Å². The minimum absolute atomic E-state index is 0.168. The molecule has 0 spiro atoms. The van der Waals surface area contributed by atoms with Gasteiger partial charge in [-0.3, -0.25) is 4.79 Å². The van der Waals surface area contributed by atoms with Gasteiger partial charge in [0.05, 0.1) is 5.02 Å². The summed E-state index contributed by atoms with van der Waals surface area (Å²) in [6.45, 7) is 8.96. The number of hydrogen-bond donors (Lipinski definition) is 0. The average molecular weight is 351 g/mol. The summed E-state index contributed by atoms with van der Waals surface area (Å²) in [4.78, 5) is 24.0. The van der Waals surface area contributed by atoms with Gasteiger partial charge in [-0.05, 0) is 44.5 Å². The van der Waals surface area contributed by atoms with Crippen LogP contribution in [-0.4, -0.2) is 66.5 Å². The molecule has 5 nitrogen and oxygen atoms in total. The Morgan fingerprint density at radius 1 is 1.17 bits per heavy atom. The Kier molecular flexibility index (Phi) is 5.95. The molecule has 0 atom stereocenters. The molecule has 2 saturated heterocycles. The largest absolute Gasteiger partial charge is 0.357 e. The van der Waals surface area contributed by atoms with E-state index in [1.54, 1.807) is 6.20 Å².